The van der Waals surface area contributed by atoms with Crippen LogP contribution in [-0.2, 0) is 6.54 Å². The number of aliphatic hydroxyl groups is 1. The third kappa shape index (κ3) is 4.78. The minimum atomic E-state index is -0.445. The monoisotopic (exact) mass is 278 g/mol. The highest BCUT2D eigenvalue weighted by Crippen LogP contribution is 2.17. The number of rotatable bonds is 6. The van der Waals surface area contributed by atoms with Gasteiger partial charge in [-0.1, -0.05) is 31.0 Å². The van der Waals surface area contributed by atoms with Crippen LogP contribution in [-0.4, -0.2) is 42.4 Å². The van der Waals surface area contributed by atoms with Crippen molar-refractivity contribution in [2.45, 2.75) is 38.3 Å². The SMILES string of the molecule is NCc1ccccc1OCC(O)CN1CCCCCC1. The lowest BCUT2D eigenvalue weighted by molar-refractivity contribution is 0.0690. The van der Waals surface area contributed by atoms with Gasteiger partial charge >= 0.3 is 0 Å². The second-order valence-corrected chi connectivity index (χ2v) is 5.49. The normalized spacial score (nSPS) is 18.5. The Balaban J connectivity index is 1.77. The standard InChI is InChI=1S/C16H26N2O2/c17-11-14-7-3-4-8-16(14)20-13-15(19)12-18-9-5-1-2-6-10-18/h3-4,7-8,15,19H,1-2,5-6,9-13,17H2. The van der Waals surface area contributed by atoms with Gasteiger partial charge in [0.05, 0.1) is 0 Å². The highest BCUT2D eigenvalue weighted by Gasteiger charge is 2.14. The fraction of sp³-hybridized carbons (Fsp3) is 0.625. The second-order valence-electron chi connectivity index (χ2n) is 5.49. The number of nitrogens with zero attached hydrogens (tertiary/aromatic N) is 1. The molecular weight excluding hydrogens is 252 g/mol. The van der Waals surface area contributed by atoms with Crippen molar-refractivity contribution in [2.75, 3.05) is 26.2 Å². The minimum absolute atomic E-state index is 0.327. The molecular formula is C16H26N2O2. The minimum Gasteiger partial charge on any atom is -0.491 e. The maximum absolute atomic E-state index is 10.1. The lowest BCUT2D eigenvalue weighted by atomic mass is 10.2. The summed E-state index contributed by atoms with van der Waals surface area (Å²) >= 11 is 0. The van der Waals surface area contributed by atoms with Gasteiger partial charge in [-0.2, -0.15) is 0 Å². The van der Waals surface area contributed by atoms with Crippen molar-refractivity contribution >= 4 is 0 Å². The van der Waals surface area contributed by atoms with E-state index in [0.717, 1.165) is 24.4 Å². The van der Waals surface area contributed by atoms with E-state index in [2.05, 4.69) is 4.90 Å². The number of aliphatic hydroxyl groups excluding tert-OH is 1. The second kappa shape index (κ2) is 8.25. The molecule has 0 saturated carbocycles. The van der Waals surface area contributed by atoms with Gasteiger partial charge in [-0.15, -0.1) is 0 Å². The van der Waals surface area contributed by atoms with Crippen molar-refractivity contribution in [3.8, 4) is 5.75 Å². The predicted molar refractivity (Wildman–Crippen MR) is 80.7 cm³/mol. The van der Waals surface area contributed by atoms with Crippen LogP contribution in [0.5, 0.6) is 5.75 Å². The van der Waals surface area contributed by atoms with E-state index >= 15 is 0 Å². The molecule has 0 amide bonds. The van der Waals surface area contributed by atoms with E-state index < -0.39 is 6.10 Å². The van der Waals surface area contributed by atoms with Crippen molar-refractivity contribution < 1.29 is 9.84 Å². The Morgan fingerprint density at radius 3 is 2.55 bits per heavy atom. The lowest BCUT2D eigenvalue weighted by Crippen LogP contribution is -2.36. The number of benzene rings is 1. The summed E-state index contributed by atoms with van der Waals surface area (Å²) in [5, 5.41) is 10.1. The van der Waals surface area contributed by atoms with Gasteiger partial charge < -0.3 is 20.5 Å². The van der Waals surface area contributed by atoms with Gasteiger partial charge in [0, 0.05) is 18.7 Å². The molecule has 1 aliphatic heterocycles. The molecule has 1 unspecified atom stereocenters. The molecule has 1 saturated heterocycles. The maximum atomic E-state index is 10.1. The Labute approximate surface area is 121 Å². The smallest absolute Gasteiger partial charge is 0.123 e. The highest BCUT2D eigenvalue weighted by atomic mass is 16.5. The zero-order valence-corrected chi connectivity index (χ0v) is 12.1. The number of β-amino-alcohol motifs (C(OH)–C–C–N with tert-alkyl or cyclic N) is 1. The molecule has 4 heteroatoms. The Kier molecular flexibility index (Phi) is 6.30. The van der Waals surface area contributed by atoms with Crippen molar-refractivity contribution in [2.24, 2.45) is 5.73 Å². The van der Waals surface area contributed by atoms with Crippen molar-refractivity contribution in [1.82, 2.24) is 4.90 Å². The van der Waals surface area contributed by atoms with Crippen molar-refractivity contribution in [3.05, 3.63) is 29.8 Å². The average Bonchev–Trinajstić information content (AvgIpc) is 2.74. The van der Waals surface area contributed by atoms with Gasteiger partial charge in [-0.3, -0.25) is 0 Å². The molecule has 0 radical (unpaired) electrons. The fourth-order valence-corrected chi connectivity index (χ4v) is 2.67. The molecule has 1 heterocycles. The van der Waals surface area contributed by atoms with E-state index in [1.807, 2.05) is 24.3 Å². The van der Waals surface area contributed by atoms with E-state index in [9.17, 15) is 5.11 Å². The summed E-state index contributed by atoms with van der Waals surface area (Å²) in [7, 11) is 0. The zero-order chi connectivity index (χ0) is 14.2. The van der Waals surface area contributed by atoms with Crippen LogP contribution in [0.15, 0.2) is 24.3 Å². The zero-order valence-electron chi connectivity index (χ0n) is 12.1. The lowest BCUT2D eigenvalue weighted by Gasteiger charge is -2.23. The first-order valence-corrected chi connectivity index (χ1v) is 7.61. The number of nitrogens with two attached hydrogens (primary N) is 1. The van der Waals surface area contributed by atoms with Crippen LogP contribution >= 0.6 is 0 Å². The Morgan fingerprint density at radius 2 is 1.85 bits per heavy atom. The van der Waals surface area contributed by atoms with E-state index in [1.165, 1.54) is 25.7 Å². The van der Waals surface area contributed by atoms with E-state index in [0.29, 0.717) is 19.7 Å². The van der Waals surface area contributed by atoms with Crippen LogP contribution in [0.4, 0.5) is 0 Å². The summed E-state index contributed by atoms with van der Waals surface area (Å²) in [5.74, 6) is 0.782. The summed E-state index contributed by atoms with van der Waals surface area (Å²) in [6, 6.07) is 7.73. The summed E-state index contributed by atoms with van der Waals surface area (Å²) in [6.45, 7) is 3.67. The van der Waals surface area contributed by atoms with Crippen LogP contribution in [0.2, 0.25) is 0 Å². The molecule has 1 aromatic rings. The summed E-state index contributed by atoms with van der Waals surface area (Å²) in [5.41, 5.74) is 6.65. The largest absolute Gasteiger partial charge is 0.491 e. The third-order valence-electron chi connectivity index (χ3n) is 3.79. The van der Waals surface area contributed by atoms with Crippen LogP contribution in [0.1, 0.15) is 31.2 Å². The summed E-state index contributed by atoms with van der Waals surface area (Å²) in [6.07, 6.45) is 4.66. The van der Waals surface area contributed by atoms with Gasteiger partial charge in [0.25, 0.3) is 0 Å². The molecule has 0 aromatic heterocycles. The molecule has 20 heavy (non-hydrogen) atoms. The molecule has 1 aromatic carbocycles. The van der Waals surface area contributed by atoms with E-state index in [4.69, 9.17) is 10.5 Å². The molecule has 2 rings (SSSR count). The molecule has 0 bridgehead atoms. The number of ether oxygens (including phenoxy) is 1. The molecule has 0 spiro atoms. The highest BCUT2D eigenvalue weighted by molar-refractivity contribution is 5.32. The van der Waals surface area contributed by atoms with Crippen LogP contribution < -0.4 is 10.5 Å². The molecule has 3 N–H and O–H groups in total. The Hall–Kier alpha value is -1.10. The first kappa shape index (κ1) is 15.3. The third-order valence-corrected chi connectivity index (χ3v) is 3.79. The molecule has 112 valence electrons. The topological polar surface area (TPSA) is 58.7 Å². The van der Waals surface area contributed by atoms with Crippen LogP contribution in [0.25, 0.3) is 0 Å². The first-order chi connectivity index (χ1) is 9.79. The average molecular weight is 278 g/mol. The number of hydrogen-bond acceptors (Lipinski definition) is 4. The molecule has 4 nitrogen and oxygen atoms in total. The number of hydrogen-bond donors (Lipinski definition) is 2. The molecule has 1 aliphatic rings. The number of likely N-dealkylation sites (tertiary alicyclic amines) is 1. The summed E-state index contributed by atoms with van der Waals surface area (Å²) in [4.78, 5) is 2.34. The maximum Gasteiger partial charge on any atom is 0.123 e. The van der Waals surface area contributed by atoms with Crippen LogP contribution in [0.3, 0.4) is 0 Å². The quantitative estimate of drug-likeness (QED) is 0.832. The van der Waals surface area contributed by atoms with Gasteiger partial charge in [0.15, 0.2) is 0 Å². The van der Waals surface area contributed by atoms with Gasteiger partial charge in [-0.25, -0.2) is 0 Å². The Morgan fingerprint density at radius 1 is 1.15 bits per heavy atom. The number of para-hydroxylation sites is 1. The first-order valence-electron chi connectivity index (χ1n) is 7.61. The van der Waals surface area contributed by atoms with Crippen molar-refractivity contribution in [1.29, 1.82) is 0 Å². The molecule has 0 aliphatic carbocycles. The predicted octanol–water partition coefficient (Wildman–Crippen LogP) is 1.76. The molecule has 1 atom stereocenters. The van der Waals surface area contributed by atoms with Crippen molar-refractivity contribution in [3.63, 3.8) is 0 Å². The van der Waals surface area contributed by atoms with E-state index in [-0.39, 0.29) is 0 Å². The van der Waals surface area contributed by atoms with Gasteiger partial charge in [0.2, 0.25) is 0 Å². The Bertz CT molecular complexity index is 390. The van der Waals surface area contributed by atoms with Gasteiger partial charge in [0.1, 0.15) is 18.5 Å². The van der Waals surface area contributed by atoms with E-state index in [1.54, 1.807) is 0 Å². The molecule has 1 fully saturated rings. The summed E-state index contributed by atoms with van der Waals surface area (Å²) < 4.78 is 5.71. The fourth-order valence-electron chi connectivity index (χ4n) is 2.67. The van der Waals surface area contributed by atoms with Gasteiger partial charge in [-0.05, 0) is 32.0 Å². The van der Waals surface area contributed by atoms with Crippen LogP contribution in [0, 0.1) is 0 Å².